The van der Waals surface area contributed by atoms with E-state index in [0.717, 1.165) is 42.1 Å². The molecule has 0 bridgehead atoms. The number of fused-ring (bicyclic) bond motifs is 1. The standard InChI is InChI=1S/C18H22N6O/c1-13-11-22(2)18(19-13)14-7-9-23(12-14)17(25)8-10-24-16-6-4-3-5-15(16)20-21-24/h3-6,11,14H,7-10,12H2,1-2H3/t14-/m1/s1. The summed E-state index contributed by atoms with van der Waals surface area (Å²) in [6, 6.07) is 7.82. The highest BCUT2D eigenvalue weighted by Crippen LogP contribution is 2.26. The number of aryl methyl sites for hydroxylation is 3. The monoisotopic (exact) mass is 338 g/mol. The highest BCUT2D eigenvalue weighted by atomic mass is 16.2. The molecule has 1 amide bonds. The Kier molecular flexibility index (Phi) is 3.99. The molecule has 3 heterocycles. The largest absolute Gasteiger partial charge is 0.342 e. The van der Waals surface area contributed by atoms with Gasteiger partial charge in [0.05, 0.1) is 17.8 Å². The fraction of sp³-hybridized carbons (Fsp3) is 0.444. The number of amides is 1. The van der Waals surface area contributed by atoms with Gasteiger partial charge in [0.1, 0.15) is 11.3 Å². The van der Waals surface area contributed by atoms with Crippen molar-refractivity contribution in [2.24, 2.45) is 7.05 Å². The molecular formula is C18H22N6O. The van der Waals surface area contributed by atoms with Gasteiger partial charge in [0, 0.05) is 38.7 Å². The summed E-state index contributed by atoms with van der Waals surface area (Å²) >= 11 is 0. The maximum atomic E-state index is 12.6. The average molecular weight is 338 g/mol. The molecule has 2 aromatic heterocycles. The SMILES string of the molecule is Cc1cn(C)c([C@@H]2CCN(C(=O)CCn3nnc4ccccc43)C2)n1. The van der Waals surface area contributed by atoms with Gasteiger partial charge in [-0.3, -0.25) is 4.79 Å². The summed E-state index contributed by atoms with van der Waals surface area (Å²) in [6.07, 6.45) is 3.46. The number of para-hydroxylation sites is 1. The molecule has 130 valence electrons. The van der Waals surface area contributed by atoms with Crippen LogP contribution in [0.2, 0.25) is 0 Å². The number of carbonyl (C=O) groups is 1. The Morgan fingerprint density at radius 3 is 2.96 bits per heavy atom. The molecule has 0 saturated carbocycles. The number of aromatic nitrogens is 5. The van der Waals surface area contributed by atoms with Crippen molar-refractivity contribution in [1.82, 2.24) is 29.4 Å². The molecule has 0 aliphatic carbocycles. The van der Waals surface area contributed by atoms with Gasteiger partial charge in [-0.05, 0) is 25.5 Å². The maximum Gasteiger partial charge on any atom is 0.224 e. The highest BCUT2D eigenvalue weighted by molar-refractivity contribution is 5.77. The molecule has 0 N–H and O–H groups in total. The first-order valence-electron chi connectivity index (χ1n) is 8.67. The molecule has 25 heavy (non-hydrogen) atoms. The van der Waals surface area contributed by atoms with Crippen molar-refractivity contribution in [3.8, 4) is 0 Å². The smallest absolute Gasteiger partial charge is 0.224 e. The van der Waals surface area contributed by atoms with E-state index in [1.807, 2.05) is 54.0 Å². The van der Waals surface area contributed by atoms with Gasteiger partial charge in [0.25, 0.3) is 0 Å². The number of nitrogens with zero attached hydrogens (tertiary/aromatic N) is 6. The summed E-state index contributed by atoms with van der Waals surface area (Å²) in [5.41, 5.74) is 2.86. The third-order valence-corrected chi connectivity index (χ3v) is 4.90. The summed E-state index contributed by atoms with van der Waals surface area (Å²) in [5, 5.41) is 8.29. The lowest BCUT2D eigenvalue weighted by molar-refractivity contribution is -0.130. The Hall–Kier alpha value is -2.70. The number of rotatable bonds is 4. The Bertz CT molecular complexity index is 911. The lowest BCUT2D eigenvalue weighted by atomic mass is 10.1. The van der Waals surface area contributed by atoms with Gasteiger partial charge < -0.3 is 9.47 Å². The van der Waals surface area contributed by atoms with E-state index in [1.54, 1.807) is 0 Å². The molecule has 1 aliphatic rings. The van der Waals surface area contributed by atoms with Gasteiger partial charge in [-0.1, -0.05) is 17.3 Å². The second-order valence-electron chi connectivity index (χ2n) is 6.73. The second kappa shape index (κ2) is 6.31. The number of carbonyl (C=O) groups excluding carboxylic acids is 1. The van der Waals surface area contributed by atoms with E-state index < -0.39 is 0 Å². The molecule has 1 aromatic carbocycles. The lowest BCUT2D eigenvalue weighted by Gasteiger charge is -2.16. The average Bonchev–Trinajstić information content (AvgIpc) is 3.31. The minimum atomic E-state index is 0.174. The fourth-order valence-electron chi connectivity index (χ4n) is 3.65. The second-order valence-corrected chi connectivity index (χ2v) is 6.73. The minimum absolute atomic E-state index is 0.174. The van der Waals surface area contributed by atoms with Crippen LogP contribution in [0, 0.1) is 6.92 Å². The van der Waals surface area contributed by atoms with E-state index in [-0.39, 0.29) is 5.91 Å². The van der Waals surface area contributed by atoms with E-state index in [1.165, 1.54) is 0 Å². The van der Waals surface area contributed by atoms with Crippen LogP contribution >= 0.6 is 0 Å². The normalized spacial score (nSPS) is 17.5. The van der Waals surface area contributed by atoms with Crippen LogP contribution in [0.4, 0.5) is 0 Å². The topological polar surface area (TPSA) is 68.8 Å². The van der Waals surface area contributed by atoms with Crippen LogP contribution in [0.5, 0.6) is 0 Å². The molecule has 7 nitrogen and oxygen atoms in total. The molecule has 1 atom stereocenters. The number of imidazole rings is 1. The van der Waals surface area contributed by atoms with Crippen LogP contribution in [0.15, 0.2) is 30.5 Å². The van der Waals surface area contributed by atoms with Crippen molar-refractivity contribution in [3.63, 3.8) is 0 Å². The number of likely N-dealkylation sites (tertiary alicyclic amines) is 1. The first-order valence-corrected chi connectivity index (χ1v) is 8.67. The Labute approximate surface area is 146 Å². The third kappa shape index (κ3) is 3.01. The zero-order valence-corrected chi connectivity index (χ0v) is 14.6. The van der Waals surface area contributed by atoms with E-state index in [0.29, 0.717) is 18.9 Å². The number of hydrogen-bond acceptors (Lipinski definition) is 4. The van der Waals surface area contributed by atoms with Crippen molar-refractivity contribution >= 4 is 16.9 Å². The van der Waals surface area contributed by atoms with Crippen LogP contribution < -0.4 is 0 Å². The molecule has 0 unspecified atom stereocenters. The predicted octanol–water partition coefficient (Wildman–Crippen LogP) is 1.88. The van der Waals surface area contributed by atoms with Crippen LogP contribution in [0.3, 0.4) is 0 Å². The minimum Gasteiger partial charge on any atom is -0.342 e. The van der Waals surface area contributed by atoms with E-state index >= 15 is 0 Å². The molecule has 0 radical (unpaired) electrons. The van der Waals surface area contributed by atoms with Gasteiger partial charge in [-0.15, -0.1) is 5.10 Å². The van der Waals surface area contributed by atoms with Gasteiger partial charge >= 0.3 is 0 Å². The molecule has 1 saturated heterocycles. The molecule has 1 fully saturated rings. The van der Waals surface area contributed by atoms with Crippen molar-refractivity contribution in [2.45, 2.75) is 32.2 Å². The van der Waals surface area contributed by atoms with E-state index in [9.17, 15) is 4.79 Å². The summed E-state index contributed by atoms with van der Waals surface area (Å²) in [4.78, 5) is 19.1. The molecule has 1 aliphatic heterocycles. The van der Waals surface area contributed by atoms with E-state index in [4.69, 9.17) is 0 Å². The fourth-order valence-corrected chi connectivity index (χ4v) is 3.65. The van der Waals surface area contributed by atoms with Crippen LogP contribution in [-0.2, 0) is 18.4 Å². The summed E-state index contributed by atoms with van der Waals surface area (Å²) in [6.45, 7) is 4.11. The summed E-state index contributed by atoms with van der Waals surface area (Å²) in [7, 11) is 2.02. The quantitative estimate of drug-likeness (QED) is 0.728. The zero-order chi connectivity index (χ0) is 17.4. The van der Waals surface area contributed by atoms with Gasteiger partial charge in [-0.2, -0.15) is 0 Å². The summed E-state index contributed by atoms with van der Waals surface area (Å²) < 4.78 is 3.89. The Morgan fingerprint density at radius 1 is 1.32 bits per heavy atom. The Balaban J connectivity index is 1.38. The van der Waals surface area contributed by atoms with E-state index in [2.05, 4.69) is 19.9 Å². The van der Waals surface area contributed by atoms with Gasteiger partial charge in [0.15, 0.2) is 0 Å². The van der Waals surface area contributed by atoms with Crippen molar-refractivity contribution in [1.29, 1.82) is 0 Å². The molecule has 3 aromatic rings. The predicted molar refractivity (Wildman–Crippen MR) is 94.0 cm³/mol. The van der Waals surface area contributed by atoms with Gasteiger partial charge in [0.2, 0.25) is 5.91 Å². The molecule has 7 heteroatoms. The van der Waals surface area contributed by atoms with Gasteiger partial charge in [-0.25, -0.2) is 9.67 Å². The first kappa shape index (κ1) is 15.8. The molecule has 4 rings (SSSR count). The van der Waals surface area contributed by atoms with Crippen molar-refractivity contribution in [2.75, 3.05) is 13.1 Å². The molecular weight excluding hydrogens is 316 g/mol. The maximum absolute atomic E-state index is 12.6. The summed E-state index contributed by atoms with van der Waals surface area (Å²) in [5.74, 6) is 1.58. The molecule has 0 spiro atoms. The Morgan fingerprint density at radius 2 is 2.16 bits per heavy atom. The van der Waals surface area contributed by atoms with Crippen LogP contribution in [0.1, 0.15) is 30.3 Å². The van der Waals surface area contributed by atoms with Crippen LogP contribution in [-0.4, -0.2) is 48.4 Å². The number of hydrogen-bond donors (Lipinski definition) is 0. The zero-order valence-electron chi connectivity index (χ0n) is 14.6. The van der Waals surface area contributed by atoms with Crippen molar-refractivity contribution < 1.29 is 4.79 Å². The lowest BCUT2D eigenvalue weighted by Crippen LogP contribution is -2.29. The highest BCUT2D eigenvalue weighted by Gasteiger charge is 2.29. The third-order valence-electron chi connectivity index (χ3n) is 4.90. The van der Waals surface area contributed by atoms with Crippen LogP contribution in [0.25, 0.3) is 11.0 Å². The first-order chi connectivity index (χ1) is 12.1. The number of benzene rings is 1. The van der Waals surface area contributed by atoms with Crippen molar-refractivity contribution in [3.05, 3.63) is 42.0 Å².